The van der Waals surface area contributed by atoms with Crippen molar-refractivity contribution in [2.45, 2.75) is 13.1 Å². The molecule has 0 unspecified atom stereocenters. The molecule has 10 heteroatoms. The van der Waals surface area contributed by atoms with Gasteiger partial charge in [0.2, 0.25) is 5.69 Å². The van der Waals surface area contributed by atoms with Crippen molar-refractivity contribution < 1.29 is 31.5 Å². The second-order valence-electron chi connectivity index (χ2n) is 6.18. The maximum Gasteiger partial charge on any atom is 0.438 e. The lowest BCUT2D eigenvalue weighted by Gasteiger charge is -2.13. The minimum atomic E-state index is -4.82. The largest absolute Gasteiger partial charge is 0.438 e. The number of ether oxygens (including phenoxy) is 1. The Morgan fingerprint density at radius 3 is 2.52 bits per heavy atom. The molecule has 1 heterocycles. The summed E-state index contributed by atoms with van der Waals surface area (Å²) in [5.74, 6) is -1.97. The van der Waals surface area contributed by atoms with Gasteiger partial charge in [0.25, 0.3) is 0 Å². The Balaban J connectivity index is 1.89. The van der Waals surface area contributed by atoms with E-state index in [4.69, 9.17) is 4.74 Å². The summed E-state index contributed by atoms with van der Waals surface area (Å²) in [5.41, 5.74) is -0.578. The van der Waals surface area contributed by atoms with E-state index in [1.165, 1.54) is 25.2 Å². The van der Waals surface area contributed by atoms with Crippen LogP contribution in [0.5, 0.6) is 5.75 Å². The van der Waals surface area contributed by atoms with Crippen molar-refractivity contribution in [1.82, 2.24) is 9.78 Å². The fourth-order valence-electron chi connectivity index (χ4n) is 2.60. The summed E-state index contributed by atoms with van der Waals surface area (Å²) >= 11 is 0. The Hall–Kier alpha value is -3.43. The fraction of sp³-hybridized carbons (Fsp3) is 0.158. The van der Waals surface area contributed by atoms with Crippen LogP contribution in [0.2, 0.25) is 0 Å². The molecule has 29 heavy (non-hydrogen) atoms. The Kier molecular flexibility index (Phi) is 5.27. The molecule has 1 aromatic heterocycles. The highest BCUT2D eigenvalue weighted by Crippen LogP contribution is 2.35. The van der Waals surface area contributed by atoms with Gasteiger partial charge in [-0.15, -0.1) is 0 Å². The Labute approximate surface area is 161 Å². The number of carbonyl (C=O) groups excluding carboxylic acids is 1. The summed E-state index contributed by atoms with van der Waals surface area (Å²) in [6.45, 7) is 1.55. The van der Waals surface area contributed by atoms with Crippen molar-refractivity contribution >= 4 is 11.8 Å². The number of aryl methyl sites for hydroxylation is 2. The van der Waals surface area contributed by atoms with Crippen LogP contribution in [0, 0.1) is 18.6 Å². The van der Waals surface area contributed by atoms with Crippen LogP contribution in [0.25, 0.3) is 11.1 Å². The Bertz CT molecular complexity index is 1080. The molecule has 0 spiro atoms. The minimum Gasteiger partial charge on any atom is -0.406 e. The molecular formula is C19H14F5N3O2. The van der Waals surface area contributed by atoms with Gasteiger partial charge in [0.15, 0.2) is 5.75 Å². The normalized spacial score (nSPS) is 11.4. The number of hydrogen-bond acceptors (Lipinski definition) is 3. The summed E-state index contributed by atoms with van der Waals surface area (Å²) in [6.07, 6.45) is -5.18. The maximum atomic E-state index is 13.9. The van der Waals surface area contributed by atoms with Gasteiger partial charge in [-0.1, -0.05) is 12.1 Å². The van der Waals surface area contributed by atoms with Crippen molar-refractivity contribution in [2.24, 2.45) is 7.05 Å². The maximum absolute atomic E-state index is 13.9. The van der Waals surface area contributed by atoms with Gasteiger partial charge < -0.3 is 4.74 Å². The molecule has 0 fully saturated rings. The highest BCUT2D eigenvalue weighted by Gasteiger charge is 2.38. The third-order valence-electron chi connectivity index (χ3n) is 3.97. The first kappa shape index (κ1) is 20.3. The van der Waals surface area contributed by atoms with E-state index in [1.807, 2.05) is 0 Å². The summed E-state index contributed by atoms with van der Waals surface area (Å²) in [5, 5.41) is 5.48. The number of carbonyl (C=O) groups is 1. The number of benzene rings is 2. The molecule has 0 saturated heterocycles. The molecule has 0 aliphatic rings. The van der Waals surface area contributed by atoms with Gasteiger partial charge in [-0.05, 0) is 42.3 Å². The second kappa shape index (κ2) is 7.53. The van der Waals surface area contributed by atoms with Crippen LogP contribution < -0.4 is 10.1 Å². The molecule has 1 amide bonds. The molecule has 2 aromatic carbocycles. The van der Waals surface area contributed by atoms with Crippen molar-refractivity contribution in [3.8, 4) is 16.9 Å². The van der Waals surface area contributed by atoms with Gasteiger partial charge in [-0.25, -0.2) is 13.6 Å². The van der Waals surface area contributed by atoms with Crippen molar-refractivity contribution in [1.29, 1.82) is 0 Å². The molecular weight excluding hydrogens is 397 g/mol. The Morgan fingerprint density at radius 1 is 1.14 bits per heavy atom. The topological polar surface area (TPSA) is 56.1 Å². The van der Waals surface area contributed by atoms with Crippen molar-refractivity contribution in [2.75, 3.05) is 5.32 Å². The summed E-state index contributed by atoms with van der Waals surface area (Å²) in [7, 11) is 1.24. The highest BCUT2D eigenvalue weighted by atomic mass is 19.4. The number of nitrogens with one attached hydrogen (secondary N) is 1. The van der Waals surface area contributed by atoms with Gasteiger partial charge in [0.1, 0.15) is 11.6 Å². The highest BCUT2D eigenvalue weighted by molar-refractivity contribution is 5.92. The average Bonchev–Trinajstić information content (AvgIpc) is 2.99. The van der Waals surface area contributed by atoms with Gasteiger partial charge >= 0.3 is 12.3 Å². The molecule has 0 saturated carbocycles. The van der Waals surface area contributed by atoms with E-state index < -0.39 is 35.3 Å². The van der Waals surface area contributed by atoms with Crippen molar-refractivity contribution in [3.05, 3.63) is 65.5 Å². The smallest absolute Gasteiger partial charge is 0.406 e. The lowest BCUT2D eigenvalue weighted by molar-refractivity contribution is -0.142. The van der Waals surface area contributed by atoms with Gasteiger partial charge in [0, 0.05) is 12.6 Å². The van der Waals surface area contributed by atoms with Crippen LogP contribution in [0.3, 0.4) is 0 Å². The minimum absolute atomic E-state index is 0.0251. The number of alkyl halides is 3. The first-order chi connectivity index (χ1) is 13.5. The summed E-state index contributed by atoms with van der Waals surface area (Å²) in [4.78, 5) is 12.2. The van der Waals surface area contributed by atoms with Crippen LogP contribution in [0.4, 0.5) is 32.4 Å². The van der Waals surface area contributed by atoms with E-state index in [0.717, 1.165) is 29.1 Å². The number of nitrogens with zero attached hydrogens (tertiary/aromatic N) is 2. The summed E-state index contributed by atoms with van der Waals surface area (Å²) < 4.78 is 72.1. The first-order valence-electron chi connectivity index (χ1n) is 8.20. The standard InChI is InChI=1S/C19H14F5N3O2/c1-10-3-4-11(7-14(10)21)13-8-12(20)5-6-15(13)25-18(28)29-16-9-27(2)26-17(16)19(22,23)24/h3-9H,1-2H3,(H,25,28). The average molecular weight is 411 g/mol. The molecule has 5 nitrogen and oxygen atoms in total. The van der Waals surface area contributed by atoms with E-state index in [9.17, 15) is 26.7 Å². The first-order valence-corrected chi connectivity index (χ1v) is 8.20. The van der Waals surface area contributed by atoms with E-state index in [1.54, 1.807) is 6.92 Å². The van der Waals surface area contributed by atoms with E-state index in [2.05, 4.69) is 10.4 Å². The lowest BCUT2D eigenvalue weighted by atomic mass is 10.0. The van der Waals surface area contributed by atoms with E-state index >= 15 is 0 Å². The predicted molar refractivity (Wildman–Crippen MR) is 94.4 cm³/mol. The number of aromatic nitrogens is 2. The fourth-order valence-corrected chi connectivity index (χ4v) is 2.60. The van der Waals surface area contributed by atoms with Crippen LogP contribution in [0.15, 0.2) is 42.6 Å². The van der Waals surface area contributed by atoms with Gasteiger partial charge in [0.05, 0.1) is 11.9 Å². The van der Waals surface area contributed by atoms with Gasteiger partial charge in [-0.3, -0.25) is 10.00 Å². The lowest BCUT2D eigenvalue weighted by Crippen LogP contribution is -2.19. The molecule has 0 atom stereocenters. The monoisotopic (exact) mass is 411 g/mol. The third kappa shape index (κ3) is 4.53. The molecule has 0 radical (unpaired) electrons. The SMILES string of the molecule is Cc1ccc(-c2cc(F)ccc2NC(=O)Oc2cn(C)nc2C(F)(F)F)cc1F. The number of anilines is 1. The molecule has 0 aliphatic carbocycles. The second-order valence-corrected chi connectivity index (χ2v) is 6.18. The summed E-state index contributed by atoms with van der Waals surface area (Å²) in [6, 6.07) is 7.44. The predicted octanol–water partition coefficient (Wildman–Crippen LogP) is 5.30. The van der Waals surface area contributed by atoms with E-state index in [0.29, 0.717) is 5.56 Å². The van der Waals surface area contributed by atoms with Gasteiger partial charge in [-0.2, -0.15) is 18.3 Å². The molecule has 0 bridgehead atoms. The quantitative estimate of drug-likeness (QED) is 0.595. The van der Waals surface area contributed by atoms with Crippen LogP contribution in [-0.2, 0) is 13.2 Å². The zero-order valence-electron chi connectivity index (χ0n) is 15.1. The zero-order valence-corrected chi connectivity index (χ0v) is 15.1. The third-order valence-corrected chi connectivity index (χ3v) is 3.97. The van der Waals surface area contributed by atoms with Crippen molar-refractivity contribution in [3.63, 3.8) is 0 Å². The van der Waals surface area contributed by atoms with E-state index in [-0.39, 0.29) is 16.8 Å². The van der Waals surface area contributed by atoms with Crippen LogP contribution in [-0.4, -0.2) is 15.9 Å². The zero-order chi connectivity index (χ0) is 21.3. The van der Waals surface area contributed by atoms with Crippen LogP contribution in [0.1, 0.15) is 11.3 Å². The molecule has 152 valence electrons. The Morgan fingerprint density at radius 2 is 1.86 bits per heavy atom. The molecule has 1 N–H and O–H groups in total. The number of hydrogen-bond donors (Lipinski definition) is 1. The number of amides is 1. The number of rotatable bonds is 3. The molecule has 3 rings (SSSR count). The molecule has 0 aliphatic heterocycles. The molecule has 3 aromatic rings. The number of halogens is 5. The van der Waals surface area contributed by atoms with Crippen LogP contribution >= 0.6 is 0 Å².